The lowest BCUT2D eigenvalue weighted by Crippen LogP contribution is -2.25. The molecule has 0 unspecified atom stereocenters. The maximum absolute atomic E-state index is 13.5. The molecule has 3 aromatic rings. The highest BCUT2D eigenvalue weighted by molar-refractivity contribution is 9.10. The standard InChI is InChI=1S/C27H30BrN3O5/c1-17(2)36-24(32)16-35-25-19(13-20(28)14-23(25)34-3)15-29-31-26(18-9-5-4-6-10-18)30-22-12-8-7-11-21(22)27(31)33/h7-8,11-15,17-18H,4-6,9-10,16H2,1-3H3. The third-order valence-electron chi connectivity index (χ3n) is 6.03. The van der Waals surface area contributed by atoms with Crippen LogP contribution in [0.1, 0.15) is 63.3 Å². The molecule has 0 N–H and O–H groups in total. The number of halogens is 1. The van der Waals surface area contributed by atoms with Crippen molar-refractivity contribution in [3.05, 3.63) is 62.6 Å². The van der Waals surface area contributed by atoms with Crippen LogP contribution in [-0.2, 0) is 9.53 Å². The molecule has 9 heteroatoms. The second-order valence-corrected chi connectivity index (χ2v) is 9.95. The summed E-state index contributed by atoms with van der Waals surface area (Å²) >= 11 is 3.48. The SMILES string of the molecule is COc1cc(Br)cc(C=Nn2c(C3CCCCC3)nc3ccccc3c2=O)c1OCC(=O)OC(C)C. The predicted octanol–water partition coefficient (Wildman–Crippen LogP) is 5.43. The minimum absolute atomic E-state index is 0.159. The van der Waals surface area contributed by atoms with E-state index >= 15 is 0 Å². The van der Waals surface area contributed by atoms with Crippen LogP contribution in [0.5, 0.6) is 11.5 Å². The Morgan fingerprint density at radius 2 is 1.97 bits per heavy atom. The average molecular weight is 556 g/mol. The summed E-state index contributed by atoms with van der Waals surface area (Å²) in [6, 6.07) is 10.8. The Hall–Kier alpha value is -3.20. The second-order valence-electron chi connectivity index (χ2n) is 9.04. The molecule has 1 heterocycles. The number of nitrogens with zero attached hydrogens (tertiary/aromatic N) is 3. The molecule has 2 aromatic carbocycles. The number of hydrogen-bond donors (Lipinski definition) is 0. The van der Waals surface area contributed by atoms with Gasteiger partial charge in [0.15, 0.2) is 18.1 Å². The fourth-order valence-electron chi connectivity index (χ4n) is 4.42. The lowest BCUT2D eigenvalue weighted by atomic mass is 9.88. The highest BCUT2D eigenvalue weighted by Crippen LogP contribution is 2.35. The monoisotopic (exact) mass is 555 g/mol. The van der Waals surface area contributed by atoms with Crippen molar-refractivity contribution in [1.29, 1.82) is 0 Å². The maximum atomic E-state index is 13.5. The Balaban J connectivity index is 1.77. The topological polar surface area (TPSA) is 92.0 Å². The maximum Gasteiger partial charge on any atom is 0.344 e. The molecule has 4 rings (SSSR count). The van der Waals surface area contributed by atoms with Crippen LogP contribution in [0.25, 0.3) is 10.9 Å². The molecule has 0 spiro atoms. The van der Waals surface area contributed by atoms with Gasteiger partial charge in [-0.1, -0.05) is 47.3 Å². The number of fused-ring (bicyclic) bond motifs is 1. The Bertz CT molecular complexity index is 1330. The van der Waals surface area contributed by atoms with E-state index in [4.69, 9.17) is 19.2 Å². The van der Waals surface area contributed by atoms with Gasteiger partial charge >= 0.3 is 5.97 Å². The summed E-state index contributed by atoms with van der Waals surface area (Å²) in [5, 5.41) is 5.11. The van der Waals surface area contributed by atoms with Crippen LogP contribution in [-0.4, -0.2) is 41.7 Å². The van der Waals surface area contributed by atoms with E-state index in [1.54, 1.807) is 38.3 Å². The summed E-state index contributed by atoms with van der Waals surface area (Å²) in [5.41, 5.74) is 0.988. The summed E-state index contributed by atoms with van der Waals surface area (Å²) < 4.78 is 18.6. The van der Waals surface area contributed by atoms with Crippen LogP contribution < -0.4 is 15.0 Å². The first-order chi connectivity index (χ1) is 17.4. The van der Waals surface area contributed by atoms with Crippen LogP contribution in [0.3, 0.4) is 0 Å². The van der Waals surface area contributed by atoms with Crippen LogP contribution >= 0.6 is 15.9 Å². The van der Waals surface area contributed by atoms with E-state index < -0.39 is 5.97 Å². The summed E-state index contributed by atoms with van der Waals surface area (Å²) in [6.45, 7) is 3.26. The summed E-state index contributed by atoms with van der Waals surface area (Å²) in [6.07, 6.45) is 6.62. The van der Waals surface area contributed by atoms with Crippen LogP contribution in [0, 0.1) is 0 Å². The van der Waals surface area contributed by atoms with Gasteiger partial charge in [-0.15, -0.1) is 0 Å². The number of rotatable bonds is 8. The zero-order chi connectivity index (χ0) is 25.7. The number of methoxy groups -OCH3 is 1. The highest BCUT2D eigenvalue weighted by atomic mass is 79.9. The van der Waals surface area contributed by atoms with Gasteiger partial charge in [-0.3, -0.25) is 4.79 Å². The molecule has 1 aliphatic carbocycles. The molecular weight excluding hydrogens is 526 g/mol. The summed E-state index contributed by atoms with van der Waals surface area (Å²) in [7, 11) is 1.51. The van der Waals surface area contributed by atoms with Gasteiger partial charge in [0.05, 0.1) is 30.3 Å². The fraction of sp³-hybridized carbons (Fsp3) is 0.407. The first-order valence-electron chi connectivity index (χ1n) is 12.1. The lowest BCUT2D eigenvalue weighted by molar-refractivity contribution is -0.149. The number of carbonyl (C=O) groups is 1. The molecule has 0 bridgehead atoms. The number of carbonyl (C=O) groups excluding carboxylic acids is 1. The normalized spacial score (nSPS) is 14.5. The quantitative estimate of drug-likeness (QED) is 0.272. The third-order valence-corrected chi connectivity index (χ3v) is 6.49. The van der Waals surface area contributed by atoms with Crippen molar-refractivity contribution in [1.82, 2.24) is 9.66 Å². The molecule has 0 radical (unpaired) electrons. The molecule has 1 aliphatic rings. The molecule has 36 heavy (non-hydrogen) atoms. The van der Waals surface area contributed by atoms with Crippen molar-refractivity contribution in [3.63, 3.8) is 0 Å². The Morgan fingerprint density at radius 1 is 1.22 bits per heavy atom. The smallest absolute Gasteiger partial charge is 0.344 e. The van der Waals surface area contributed by atoms with Crippen LogP contribution in [0.2, 0.25) is 0 Å². The molecular formula is C27H30BrN3O5. The van der Waals surface area contributed by atoms with Gasteiger partial charge in [-0.05, 0) is 51.0 Å². The summed E-state index contributed by atoms with van der Waals surface area (Å²) in [4.78, 5) is 30.4. The van der Waals surface area contributed by atoms with Gasteiger partial charge in [-0.25, -0.2) is 9.78 Å². The van der Waals surface area contributed by atoms with E-state index in [1.807, 2.05) is 18.2 Å². The molecule has 0 saturated heterocycles. The van der Waals surface area contributed by atoms with E-state index in [1.165, 1.54) is 18.2 Å². The molecule has 1 fully saturated rings. The van der Waals surface area contributed by atoms with Gasteiger partial charge < -0.3 is 14.2 Å². The molecule has 0 amide bonds. The number of benzene rings is 2. The highest BCUT2D eigenvalue weighted by Gasteiger charge is 2.23. The van der Waals surface area contributed by atoms with Gasteiger partial charge in [0, 0.05) is 16.0 Å². The largest absolute Gasteiger partial charge is 0.493 e. The molecule has 190 valence electrons. The van der Waals surface area contributed by atoms with E-state index in [0.717, 1.165) is 30.2 Å². The van der Waals surface area contributed by atoms with E-state index in [2.05, 4.69) is 21.0 Å². The van der Waals surface area contributed by atoms with E-state index in [-0.39, 0.29) is 24.2 Å². The summed E-state index contributed by atoms with van der Waals surface area (Å²) in [5.74, 6) is 1.07. The van der Waals surface area contributed by atoms with Crippen molar-refractivity contribution >= 4 is 39.0 Å². The number of aromatic nitrogens is 2. The second kappa shape index (κ2) is 11.7. The van der Waals surface area contributed by atoms with Gasteiger partial charge in [0.2, 0.25) is 0 Å². The first-order valence-corrected chi connectivity index (χ1v) is 12.9. The fourth-order valence-corrected chi connectivity index (χ4v) is 4.87. The van der Waals surface area contributed by atoms with Crippen molar-refractivity contribution < 1.29 is 19.0 Å². The number of esters is 1. The van der Waals surface area contributed by atoms with E-state index in [0.29, 0.717) is 33.8 Å². The zero-order valence-corrected chi connectivity index (χ0v) is 22.3. The molecule has 0 aliphatic heterocycles. The zero-order valence-electron chi connectivity index (χ0n) is 20.7. The molecule has 0 atom stereocenters. The Morgan fingerprint density at radius 3 is 2.69 bits per heavy atom. The van der Waals surface area contributed by atoms with Gasteiger partial charge in [0.25, 0.3) is 5.56 Å². The third kappa shape index (κ3) is 5.95. The van der Waals surface area contributed by atoms with Crippen LogP contribution in [0.15, 0.2) is 50.8 Å². The molecule has 8 nitrogen and oxygen atoms in total. The molecule has 1 aromatic heterocycles. The predicted molar refractivity (Wildman–Crippen MR) is 142 cm³/mol. The van der Waals surface area contributed by atoms with Crippen molar-refractivity contribution in [2.45, 2.75) is 58.0 Å². The Kier molecular flexibility index (Phi) is 8.40. The number of hydrogen-bond acceptors (Lipinski definition) is 7. The van der Waals surface area contributed by atoms with Crippen molar-refractivity contribution in [2.75, 3.05) is 13.7 Å². The van der Waals surface area contributed by atoms with Crippen LogP contribution in [0.4, 0.5) is 0 Å². The minimum atomic E-state index is -0.493. The van der Waals surface area contributed by atoms with E-state index in [9.17, 15) is 9.59 Å². The number of ether oxygens (including phenoxy) is 3. The van der Waals surface area contributed by atoms with Crippen molar-refractivity contribution in [2.24, 2.45) is 5.10 Å². The lowest BCUT2D eigenvalue weighted by Gasteiger charge is -2.22. The van der Waals surface area contributed by atoms with Crippen molar-refractivity contribution in [3.8, 4) is 11.5 Å². The number of para-hydroxylation sites is 1. The average Bonchev–Trinajstić information content (AvgIpc) is 2.87. The van der Waals surface area contributed by atoms with Gasteiger partial charge in [0.1, 0.15) is 5.82 Å². The first kappa shape index (κ1) is 25.9. The molecule has 1 saturated carbocycles. The van der Waals surface area contributed by atoms with Gasteiger partial charge in [-0.2, -0.15) is 9.78 Å². The minimum Gasteiger partial charge on any atom is -0.493 e. The Labute approximate surface area is 218 Å².